The highest BCUT2D eigenvalue weighted by Crippen LogP contribution is 2.32. The molecule has 2 aromatic carbocycles. The Kier molecular flexibility index (Phi) is 3.13. The SMILES string of the molecule is Clc1cccc2c(-c3nc(C4CCOC4)no3)cccc12. The van der Waals surface area contributed by atoms with Crippen LogP contribution in [0, 0.1) is 0 Å². The summed E-state index contributed by atoms with van der Waals surface area (Å²) in [6.45, 7) is 1.43. The standard InChI is InChI=1S/C16H13ClN2O2/c17-14-6-2-3-11-12(14)4-1-5-13(11)16-18-15(19-21-16)10-7-8-20-9-10/h1-6,10H,7-9H2. The number of fused-ring (bicyclic) bond motifs is 1. The molecule has 5 heteroatoms. The third kappa shape index (κ3) is 2.20. The first-order chi connectivity index (χ1) is 10.3. The highest BCUT2D eigenvalue weighted by Gasteiger charge is 2.23. The first-order valence-corrected chi connectivity index (χ1v) is 7.30. The van der Waals surface area contributed by atoms with Crippen LogP contribution in [0.5, 0.6) is 0 Å². The topological polar surface area (TPSA) is 48.2 Å². The first kappa shape index (κ1) is 12.8. The van der Waals surface area contributed by atoms with Crippen LogP contribution >= 0.6 is 11.6 Å². The molecule has 0 bridgehead atoms. The van der Waals surface area contributed by atoms with Crippen molar-refractivity contribution >= 4 is 22.4 Å². The summed E-state index contributed by atoms with van der Waals surface area (Å²) >= 11 is 6.24. The molecule has 1 atom stereocenters. The van der Waals surface area contributed by atoms with E-state index in [-0.39, 0.29) is 5.92 Å². The second-order valence-corrected chi connectivity index (χ2v) is 5.57. The van der Waals surface area contributed by atoms with Crippen LogP contribution in [-0.4, -0.2) is 23.4 Å². The van der Waals surface area contributed by atoms with Crippen molar-refractivity contribution in [3.63, 3.8) is 0 Å². The Bertz CT molecular complexity index is 794. The van der Waals surface area contributed by atoms with Crippen molar-refractivity contribution in [1.29, 1.82) is 0 Å². The van der Waals surface area contributed by atoms with Gasteiger partial charge >= 0.3 is 0 Å². The average Bonchev–Trinajstić information content (AvgIpc) is 3.18. The minimum Gasteiger partial charge on any atom is -0.381 e. The number of nitrogens with zero attached hydrogens (tertiary/aromatic N) is 2. The number of hydrogen-bond acceptors (Lipinski definition) is 4. The van der Waals surface area contributed by atoms with Gasteiger partial charge in [0, 0.05) is 28.5 Å². The maximum atomic E-state index is 6.24. The minimum atomic E-state index is 0.237. The molecule has 0 radical (unpaired) electrons. The summed E-state index contributed by atoms with van der Waals surface area (Å²) in [4.78, 5) is 4.54. The highest BCUT2D eigenvalue weighted by molar-refractivity contribution is 6.35. The number of benzene rings is 2. The van der Waals surface area contributed by atoms with E-state index in [9.17, 15) is 0 Å². The Morgan fingerprint density at radius 2 is 1.95 bits per heavy atom. The molecule has 4 rings (SSSR count). The Hall–Kier alpha value is -1.91. The van der Waals surface area contributed by atoms with E-state index >= 15 is 0 Å². The fourth-order valence-corrected chi connectivity index (χ4v) is 2.94. The van der Waals surface area contributed by atoms with E-state index in [1.54, 1.807) is 0 Å². The predicted molar refractivity (Wildman–Crippen MR) is 80.4 cm³/mol. The molecule has 0 spiro atoms. The summed E-state index contributed by atoms with van der Waals surface area (Å²) < 4.78 is 10.8. The number of hydrogen-bond donors (Lipinski definition) is 0. The largest absolute Gasteiger partial charge is 0.381 e. The van der Waals surface area contributed by atoms with Crippen molar-refractivity contribution in [3.05, 3.63) is 47.2 Å². The van der Waals surface area contributed by atoms with E-state index in [4.69, 9.17) is 20.9 Å². The monoisotopic (exact) mass is 300 g/mol. The molecule has 1 unspecified atom stereocenters. The fourth-order valence-electron chi connectivity index (χ4n) is 2.71. The van der Waals surface area contributed by atoms with Gasteiger partial charge < -0.3 is 9.26 Å². The van der Waals surface area contributed by atoms with Crippen LogP contribution in [0.3, 0.4) is 0 Å². The number of halogens is 1. The van der Waals surface area contributed by atoms with Crippen LogP contribution in [0.25, 0.3) is 22.2 Å². The molecule has 2 heterocycles. The molecule has 1 aromatic heterocycles. The molecule has 3 aromatic rings. The van der Waals surface area contributed by atoms with Crippen LogP contribution in [0.15, 0.2) is 40.9 Å². The van der Waals surface area contributed by atoms with Crippen molar-refractivity contribution < 1.29 is 9.26 Å². The molecule has 21 heavy (non-hydrogen) atoms. The van der Waals surface area contributed by atoms with Crippen LogP contribution in [0.4, 0.5) is 0 Å². The van der Waals surface area contributed by atoms with Crippen LogP contribution in [-0.2, 0) is 4.74 Å². The van der Waals surface area contributed by atoms with Gasteiger partial charge in [0.1, 0.15) is 0 Å². The van der Waals surface area contributed by atoms with Gasteiger partial charge in [0.15, 0.2) is 5.82 Å². The maximum Gasteiger partial charge on any atom is 0.258 e. The summed E-state index contributed by atoms with van der Waals surface area (Å²) in [5, 5.41) is 6.83. The molecule has 1 aliphatic rings. The smallest absolute Gasteiger partial charge is 0.258 e. The van der Waals surface area contributed by atoms with Gasteiger partial charge in [-0.2, -0.15) is 4.98 Å². The van der Waals surface area contributed by atoms with Gasteiger partial charge in [-0.3, -0.25) is 0 Å². The molecule has 0 saturated carbocycles. The lowest BCUT2D eigenvalue weighted by Crippen LogP contribution is -1.99. The zero-order chi connectivity index (χ0) is 14.2. The lowest BCUT2D eigenvalue weighted by Gasteiger charge is -2.03. The van der Waals surface area contributed by atoms with E-state index in [2.05, 4.69) is 10.1 Å². The lowest BCUT2D eigenvalue weighted by atomic mass is 10.0. The number of rotatable bonds is 2. The Morgan fingerprint density at radius 1 is 1.10 bits per heavy atom. The van der Waals surface area contributed by atoms with Crippen LogP contribution in [0.1, 0.15) is 18.2 Å². The summed E-state index contributed by atoms with van der Waals surface area (Å²) in [5.41, 5.74) is 0.910. The highest BCUT2D eigenvalue weighted by atomic mass is 35.5. The predicted octanol–water partition coefficient (Wildman–Crippen LogP) is 4.05. The molecule has 4 nitrogen and oxygen atoms in total. The van der Waals surface area contributed by atoms with Crippen molar-refractivity contribution in [1.82, 2.24) is 10.1 Å². The second kappa shape index (κ2) is 5.13. The average molecular weight is 301 g/mol. The Labute approximate surface area is 126 Å². The molecule has 0 amide bonds. The number of ether oxygens (including phenoxy) is 1. The van der Waals surface area contributed by atoms with Gasteiger partial charge in [0.05, 0.1) is 6.61 Å². The van der Waals surface area contributed by atoms with Gasteiger partial charge in [0.2, 0.25) is 0 Å². The Balaban J connectivity index is 1.81. The molecular formula is C16H13ClN2O2. The molecule has 106 valence electrons. The molecular weight excluding hydrogens is 288 g/mol. The van der Waals surface area contributed by atoms with Crippen LogP contribution in [0.2, 0.25) is 5.02 Å². The molecule has 0 N–H and O–H groups in total. The Morgan fingerprint density at radius 3 is 2.81 bits per heavy atom. The summed E-state index contributed by atoms with van der Waals surface area (Å²) in [7, 11) is 0. The normalized spacial score (nSPS) is 18.4. The first-order valence-electron chi connectivity index (χ1n) is 6.92. The van der Waals surface area contributed by atoms with E-state index in [1.165, 1.54) is 0 Å². The van der Waals surface area contributed by atoms with Gasteiger partial charge in [-0.05, 0) is 23.9 Å². The molecule has 1 fully saturated rings. The lowest BCUT2D eigenvalue weighted by molar-refractivity contribution is 0.192. The maximum absolute atomic E-state index is 6.24. The van der Waals surface area contributed by atoms with E-state index in [1.807, 2.05) is 36.4 Å². The zero-order valence-electron chi connectivity index (χ0n) is 11.3. The van der Waals surface area contributed by atoms with Crippen molar-refractivity contribution in [2.24, 2.45) is 0 Å². The fraction of sp³-hybridized carbons (Fsp3) is 0.250. The zero-order valence-corrected chi connectivity index (χ0v) is 12.0. The quantitative estimate of drug-likeness (QED) is 0.716. The van der Waals surface area contributed by atoms with Gasteiger partial charge in [-0.15, -0.1) is 0 Å². The molecule has 0 aliphatic carbocycles. The van der Waals surface area contributed by atoms with Gasteiger partial charge in [-0.1, -0.05) is 41.0 Å². The van der Waals surface area contributed by atoms with Gasteiger partial charge in [0.25, 0.3) is 5.89 Å². The van der Waals surface area contributed by atoms with Gasteiger partial charge in [-0.25, -0.2) is 0 Å². The minimum absolute atomic E-state index is 0.237. The van der Waals surface area contributed by atoms with Crippen LogP contribution < -0.4 is 0 Å². The number of aromatic nitrogens is 2. The summed E-state index contributed by atoms with van der Waals surface area (Å²) in [5.74, 6) is 1.49. The van der Waals surface area contributed by atoms with E-state index < -0.39 is 0 Å². The van der Waals surface area contributed by atoms with Crippen molar-refractivity contribution in [3.8, 4) is 11.5 Å². The third-order valence-electron chi connectivity index (χ3n) is 3.84. The summed E-state index contributed by atoms with van der Waals surface area (Å²) in [6.07, 6.45) is 0.945. The van der Waals surface area contributed by atoms with Crippen molar-refractivity contribution in [2.45, 2.75) is 12.3 Å². The van der Waals surface area contributed by atoms with Crippen molar-refractivity contribution in [2.75, 3.05) is 13.2 Å². The summed E-state index contributed by atoms with van der Waals surface area (Å²) in [6, 6.07) is 11.7. The molecule has 1 saturated heterocycles. The van der Waals surface area contributed by atoms with E-state index in [0.717, 1.165) is 40.2 Å². The third-order valence-corrected chi connectivity index (χ3v) is 4.17. The second-order valence-electron chi connectivity index (χ2n) is 5.16. The van der Waals surface area contributed by atoms with E-state index in [0.29, 0.717) is 12.5 Å². The molecule has 1 aliphatic heterocycles.